The highest BCUT2D eigenvalue weighted by Crippen LogP contribution is 2.35. The molecule has 1 aromatic rings. The van der Waals surface area contributed by atoms with Crippen molar-refractivity contribution in [1.29, 1.82) is 0 Å². The van der Waals surface area contributed by atoms with Crippen LogP contribution < -0.4 is 10.2 Å². The Labute approximate surface area is 114 Å². The van der Waals surface area contributed by atoms with Crippen LogP contribution in [0.5, 0.6) is 0 Å². The van der Waals surface area contributed by atoms with E-state index in [1.165, 1.54) is 6.07 Å². The van der Waals surface area contributed by atoms with Gasteiger partial charge in [-0.3, -0.25) is 0 Å². The fraction of sp³-hybridized carbons (Fsp3) is 0.600. The van der Waals surface area contributed by atoms with Gasteiger partial charge in [0.1, 0.15) is 5.82 Å². The molecule has 1 saturated carbocycles. The number of nitrogens with zero attached hydrogens (tertiary/aromatic N) is 1. The first-order valence-corrected chi connectivity index (χ1v) is 7.07. The lowest BCUT2D eigenvalue weighted by atomic mass is 10.0. The summed E-state index contributed by atoms with van der Waals surface area (Å²) >= 11 is 0. The highest BCUT2D eigenvalue weighted by Gasteiger charge is 2.30. The van der Waals surface area contributed by atoms with E-state index < -0.39 is 0 Å². The molecular formula is C15H23FN2O. The Bertz CT molecular complexity index is 421. The van der Waals surface area contributed by atoms with Gasteiger partial charge in [0.25, 0.3) is 0 Å². The minimum atomic E-state index is -0.205. The number of anilines is 1. The van der Waals surface area contributed by atoms with Gasteiger partial charge in [-0.2, -0.15) is 0 Å². The van der Waals surface area contributed by atoms with E-state index in [1.807, 2.05) is 19.9 Å². The van der Waals surface area contributed by atoms with E-state index in [2.05, 4.69) is 10.2 Å². The van der Waals surface area contributed by atoms with E-state index in [0.717, 1.165) is 30.6 Å². The zero-order valence-electron chi connectivity index (χ0n) is 11.7. The van der Waals surface area contributed by atoms with Gasteiger partial charge in [0.15, 0.2) is 0 Å². The largest absolute Gasteiger partial charge is 0.395 e. The topological polar surface area (TPSA) is 35.5 Å². The van der Waals surface area contributed by atoms with E-state index in [-0.39, 0.29) is 18.5 Å². The highest BCUT2D eigenvalue weighted by atomic mass is 19.1. The molecule has 0 spiro atoms. The lowest BCUT2D eigenvalue weighted by molar-refractivity contribution is 0.301. The fourth-order valence-corrected chi connectivity index (χ4v) is 2.54. The van der Waals surface area contributed by atoms with Crippen molar-refractivity contribution in [2.75, 3.05) is 24.6 Å². The summed E-state index contributed by atoms with van der Waals surface area (Å²) in [7, 11) is 0. The summed E-state index contributed by atoms with van der Waals surface area (Å²) in [5.74, 6) is -0.205. The maximum Gasteiger partial charge on any atom is 0.123 e. The summed E-state index contributed by atoms with van der Waals surface area (Å²) < 4.78 is 13.5. The van der Waals surface area contributed by atoms with E-state index in [0.29, 0.717) is 12.6 Å². The van der Waals surface area contributed by atoms with E-state index in [1.54, 1.807) is 6.07 Å². The first-order chi connectivity index (χ1) is 9.17. The van der Waals surface area contributed by atoms with Crippen LogP contribution in [0.25, 0.3) is 0 Å². The molecule has 1 aromatic carbocycles. The predicted octanol–water partition coefficient (Wildman–Crippen LogP) is 2.46. The molecule has 1 aliphatic carbocycles. The molecule has 0 radical (unpaired) electrons. The molecule has 0 aromatic heterocycles. The smallest absolute Gasteiger partial charge is 0.123 e. The molecule has 2 N–H and O–H groups in total. The van der Waals surface area contributed by atoms with E-state index in [4.69, 9.17) is 0 Å². The van der Waals surface area contributed by atoms with E-state index >= 15 is 0 Å². The first kappa shape index (κ1) is 14.3. The average molecular weight is 266 g/mol. The van der Waals surface area contributed by atoms with Crippen molar-refractivity contribution in [3.8, 4) is 0 Å². The van der Waals surface area contributed by atoms with Crippen molar-refractivity contribution < 1.29 is 9.50 Å². The summed E-state index contributed by atoms with van der Waals surface area (Å²) in [6, 6.07) is 5.56. The van der Waals surface area contributed by atoms with Crippen LogP contribution in [-0.4, -0.2) is 30.8 Å². The van der Waals surface area contributed by atoms with Gasteiger partial charge in [-0.15, -0.1) is 0 Å². The van der Waals surface area contributed by atoms with Gasteiger partial charge in [0, 0.05) is 24.3 Å². The molecule has 1 atom stereocenters. The molecule has 0 heterocycles. The Balaban J connectivity index is 2.31. The molecule has 0 amide bonds. The molecule has 0 aliphatic heterocycles. The second-order valence-corrected chi connectivity index (χ2v) is 5.13. The molecule has 2 rings (SSSR count). The summed E-state index contributed by atoms with van der Waals surface area (Å²) in [4.78, 5) is 2.21. The third-order valence-electron chi connectivity index (χ3n) is 3.60. The summed E-state index contributed by atoms with van der Waals surface area (Å²) in [6.07, 6.45) is 2.32. The number of hydrogen-bond acceptors (Lipinski definition) is 3. The Hall–Kier alpha value is -1.13. The number of nitrogens with one attached hydrogen (secondary N) is 1. The minimum Gasteiger partial charge on any atom is -0.395 e. The number of aliphatic hydroxyl groups excluding tert-OH is 1. The van der Waals surface area contributed by atoms with Crippen LogP contribution >= 0.6 is 0 Å². The van der Waals surface area contributed by atoms with Gasteiger partial charge >= 0.3 is 0 Å². The Morgan fingerprint density at radius 1 is 1.47 bits per heavy atom. The molecule has 1 aliphatic rings. The monoisotopic (exact) mass is 266 g/mol. The number of halogens is 1. The zero-order valence-corrected chi connectivity index (χ0v) is 11.7. The van der Waals surface area contributed by atoms with Gasteiger partial charge < -0.3 is 15.3 Å². The molecule has 106 valence electrons. The Kier molecular flexibility index (Phi) is 4.77. The first-order valence-electron chi connectivity index (χ1n) is 7.07. The van der Waals surface area contributed by atoms with Gasteiger partial charge in [0.05, 0.1) is 6.61 Å². The van der Waals surface area contributed by atoms with Gasteiger partial charge in [-0.1, -0.05) is 6.92 Å². The molecule has 0 bridgehead atoms. The van der Waals surface area contributed by atoms with Crippen LogP contribution in [0.2, 0.25) is 0 Å². The normalized spacial score (nSPS) is 16.4. The number of rotatable bonds is 7. The summed E-state index contributed by atoms with van der Waals surface area (Å²) in [5, 5.41) is 12.6. The van der Waals surface area contributed by atoms with Crippen molar-refractivity contribution in [3.63, 3.8) is 0 Å². The second kappa shape index (κ2) is 6.35. The van der Waals surface area contributed by atoms with Crippen LogP contribution in [0.15, 0.2) is 18.2 Å². The number of benzene rings is 1. The molecule has 4 heteroatoms. The predicted molar refractivity (Wildman–Crippen MR) is 75.9 cm³/mol. The lowest BCUT2D eigenvalue weighted by Crippen LogP contribution is -2.31. The van der Waals surface area contributed by atoms with Crippen LogP contribution in [0.1, 0.15) is 38.3 Å². The highest BCUT2D eigenvalue weighted by molar-refractivity contribution is 5.56. The van der Waals surface area contributed by atoms with Gasteiger partial charge in [0.2, 0.25) is 0 Å². The maximum absolute atomic E-state index is 13.5. The van der Waals surface area contributed by atoms with E-state index in [9.17, 15) is 9.50 Å². The van der Waals surface area contributed by atoms with Crippen LogP contribution in [0, 0.1) is 5.82 Å². The Morgan fingerprint density at radius 3 is 2.79 bits per heavy atom. The van der Waals surface area contributed by atoms with Crippen LogP contribution in [-0.2, 0) is 0 Å². The van der Waals surface area contributed by atoms with Crippen molar-refractivity contribution in [2.24, 2.45) is 0 Å². The maximum atomic E-state index is 13.5. The molecule has 19 heavy (non-hydrogen) atoms. The standard InChI is InChI=1S/C15H23FN2O/c1-3-17-11(2)14-10-12(16)4-7-15(14)18(8-9-19)13-5-6-13/h4,7,10-11,13,17,19H,3,5-6,8-9H2,1-2H3. The third-order valence-corrected chi connectivity index (χ3v) is 3.60. The van der Waals surface area contributed by atoms with Crippen LogP contribution in [0.4, 0.5) is 10.1 Å². The Morgan fingerprint density at radius 2 is 2.21 bits per heavy atom. The van der Waals surface area contributed by atoms with Gasteiger partial charge in [-0.05, 0) is 50.1 Å². The van der Waals surface area contributed by atoms with Crippen molar-refractivity contribution in [2.45, 2.75) is 38.8 Å². The molecule has 3 nitrogen and oxygen atoms in total. The third kappa shape index (κ3) is 3.45. The second-order valence-electron chi connectivity index (χ2n) is 5.13. The molecule has 1 unspecified atom stereocenters. The van der Waals surface area contributed by atoms with Crippen molar-refractivity contribution in [1.82, 2.24) is 5.32 Å². The fourth-order valence-electron chi connectivity index (χ4n) is 2.54. The minimum absolute atomic E-state index is 0.107. The molecule has 1 fully saturated rings. The lowest BCUT2D eigenvalue weighted by Gasteiger charge is -2.28. The van der Waals surface area contributed by atoms with Gasteiger partial charge in [-0.25, -0.2) is 4.39 Å². The summed E-state index contributed by atoms with van der Waals surface area (Å²) in [5.41, 5.74) is 2.02. The quantitative estimate of drug-likeness (QED) is 0.796. The summed E-state index contributed by atoms with van der Waals surface area (Å²) in [6.45, 7) is 5.68. The molecular weight excluding hydrogens is 243 g/mol. The number of hydrogen-bond donors (Lipinski definition) is 2. The number of aliphatic hydroxyl groups is 1. The van der Waals surface area contributed by atoms with Crippen LogP contribution in [0.3, 0.4) is 0 Å². The van der Waals surface area contributed by atoms with Crippen molar-refractivity contribution >= 4 is 5.69 Å². The zero-order chi connectivity index (χ0) is 13.8. The SMILES string of the molecule is CCNC(C)c1cc(F)ccc1N(CCO)C1CC1. The molecule has 0 saturated heterocycles. The average Bonchev–Trinajstić information content (AvgIpc) is 3.21. The van der Waals surface area contributed by atoms with Crippen molar-refractivity contribution in [3.05, 3.63) is 29.6 Å².